The molecule has 134 valence electrons. The monoisotopic (exact) mass is 348 g/mol. The number of rotatable bonds is 4. The Morgan fingerprint density at radius 3 is 2.52 bits per heavy atom. The van der Waals surface area contributed by atoms with Gasteiger partial charge in [0.2, 0.25) is 11.8 Å². The predicted octanol–water partition coefficient (Wildman–Crippen LogP) is 1.41. The van der Waals surface area contributed by atoms with Gasteiger partial charge >= 0.3 is 5.97 Å². The Morgan fingerprint density at radius 2 is 1.96 bits per heavy atom. The number of benzene rings is 1. The Hall–Kier alpha value is -2.28. The fourth-order valence-electron chi connectivity index (χ4n) is 4.21. The van der Waals surface area contributed by atoms with Gasteiger partial charge < -0.3 is 4.74 Å². The summed E-state index contributed by atoms with van der Waals surface area (Å²) in [5, 5.41) is 3.09. The van der Waals surface area contributed by atoms with Crippen molar-refractivity contribution in [1.29, 1.82) is 0 Å². The molecule has 1 aromatic rings. The fourth-order valence-corrected chi connectivity index (χ4v) is 4.21. The van der Waals surface area contributed by atoms with Crippen LogP contribution in [0.25, 0.3) is 0 Å². The maximum absolute atomic E-state index is 14.4. The van der Waals surface area contributed by atoms with Crippen molar-refractivity contribution in [2.75, 3.05) is 13.7 Å². The van der Waals surface area contributed by atoms with E-state index in [0.717, 1.165) is 4.90 Å². The molecule has 0 saturated carbocycles. The molecular formula is C18H21FN2O4. The molecule has 0 bridgehead atoms. The Morgan fingerprint density at radius 1 is 1.28 bits per heavy atom. The predicted molar refractivity (Wildman–Crippen MR) is 86.7 cm³/mol. The van der Waals surface area contributed by atoms with Crippen molar-refractivity contribution in [2.24, 2.45) is 11.8 Å². The molecular weight excluding hydrogens is 327 g/mol. The minimum Gasteiger partial charge on any atom is -0.468 e. The molecule has 0 aromatic heterocycles. The second kappa shape index (κ2) is 6.22. The number of imide groups is 1. The second-order valence-electron chi connectivity index (χ2n) is 6.38. The topological polar surface area (TPSA) is 75.7 Å². The molecule has 2 heterocycles. The highest BCUT2D eigenvalue weighted by molar-refractivity contribution is 6.09. The minimum atomic E-state index is -1.34. The molecule has 2 amide bonds. The molecule has 2 aliphatic rings. The van der Waals surface area contributed by atoms with Crippen molar-refractivity contribution in [3.63, 3.8) is 0 Å². The molecule has 2 saturated heterocycles. The standard InChI is InChI=1S/C18H21FN2O4/c1-4-18(17(24)25-3)13-12(15(22)21(5-2)16(13)23)14(20-18)10-8-6-7-9-11(10)19/h6-9,12-14,20H,4-5H2,1-3H3/t12-,13-,14-,18-/m0/s1. The van der Waals surface area contributed by atoms with E-state index in [1.807, 2.05) is 0 Å². The highest BCUT2D eigenvalue weighted by Gasteiger charge is 2.68. The summed E-state index contributed by atoms with van der Waals surface area (Å²) < 4.78 is 19.3. The highest BCUT2D eigenvalue weighted by Crippen LogP contribution is 2.50. The van der Waals surface area contributed by atoms with Crippen molar-refractivity contribution >= 4 is 17.8 Å². The first kappa shape index (κ1) is 17.5. The summed E-state index contributed by atoms with van der Waals surface area (Å²) in [6.07, 6.45) is 0.252. The van der Waals surface area contributed by atoms with E-state index in [1.165, 1.54) is 13.2 Å². The number of hydrogen-bond donors (Lipinski definition) is 1. The maximum atomic E-state index is 14.4. The van der Waals surface area contributed by atoms with Gasteiger partial charge in [-0.1, -0.05) is 25.1 Å². The van der Waals surface area contributed by atoms with Gasteiger partial charge in [-0.2, -0.15) is 0 Å². The Balaban J connectivity index is 2.17. The number of halogens is 1. The molecule has 25 heavy (non-hydrogen) atoms. The van der Waals surface area contributed by atoms with Crippen LogP contribution in [0, 0.1) is 17.7 Å². The molecule has 6 nitrogen and oxygen atoms in total. The van der Waals surface area contributed by atoms with Crippen molar-refractivity contribution < 1.29 is 23.5 Å². The first-order valence-electron chi connectivity index (χ1n) is 8.38. The number of carbonyl (C=O) groups excluding carboxylic acids is 3. The van der Waals surface area contributed by atoms with Gasteiger partial charge in [0.25, 0.3) is 0 Å². The Labute approximate surface area is 145 Å². The lowest BCUT2D eigenvalue weighted by atomic mass is 9.78. The third-order valence-corrected chi connectivity index (χ3v) is 5.41. The number of amides is 2. The molecule has 1 N–H and O–H groups in total. The first-order chi connectivity index (χ1) is 11.9. The van der Waals surface area contributed by atoms with Gasteiger partial charge in [-0.05, 0) is 19.4 Å². The van der Waals surface area contributed by atoms with E-state index in [-0.39, 0.29) is 24.4 Å². The lowest BCUT2D eigenvalue weighted by Crippen LogP contribution is -2.55. The van der Waals surface area contributed by atoms with Crippen molar-refractivity contribution in [1.82, 2.24) is 10.2 Å². The Kier molecular flexibility index (Phi) is 4.36. The van der Waals surface area contributed by atoms with Crippen LogP contribution in [0.1, 0.15) is 31.9 Å². The van der Waals surface area contributed by atoms with Gasteiger partial charge in [0.15, 0.2) is 0 Å². The van der Waals surface area contributed by atoms with Crippen LogP contribution in [0.15, 0.2) is 24.3 Å². The van der Waals surface area contributed by atoms with Crippen molar-refractivity contribution in [3.8, 4) is 0 Å². The summed E-state index contributed by atoms with van der Waals surface area (Å²) in [7, 11) is 1.24. The second-order valence-corrected chi connectivity index (χ2v) is 6.38. The number of hydrogen-bond acceptors (Lipinski definition) is 5. The van der Waals surface area contributed by atoms with Crippen molar-refractivity contribution in [2.45, 2.75) is 31.8 Å². The van der Waals surface area contributed by atoms with Crippen LogP contribution >= 0.6 is 0 Å². The van der Waals surface area contributed by atoms with E-state index in [0.29, 0.717) is 0 Å². The number of methoxy groups -OCH3 is 1. The van der Waals surface area contributed by atoms with E-state index >= 15 is 0 Å². The summed E-state index contributed by atoms with van der Waals surface area (Å²) in [4.78, 5) is 39.4. The largest absolute Gasteiger partial charge is 0.468 e. The maximum Gasteiger partial charge on any atom is 0.326 e. The number of nitrogens with zero attached hydrogens (tertiary/aromatic N) is 1. The number of carbonyl (C=O) groups is 3. The van der Waals surface area contributed by atoms with Gasteiger partial charge in [0.1, 0.15) is 11.4 Å². The molecule has 2 fully saturated rings. The van der Waals surface area contributed by atoms with Gasteiger partial charge in [-0.15, -0.1) is 0 Å². The third-order valence-electron chi connectivity index (χ3n) is 5.41. The number of ether oxygens (including phenoxy) is 1. The highest BCUT2D eigenvalue weighted by atomic mass is 19.1. The lowest BCUT2D eigenvalue weighted by Gasteiger charge is -2.31. The van der Waals surface area contributed by atoms with E-state index < -0.39 is 41.1 Å². The lowest BCUT2D eigenvalue weighted by molar-refractivity contribution is -0.154. The molecule has 0 spiro atoms. The van der Waals surface area contributed by atoms with Crippen LogP contribution in [0.3, 0.4) is 0 Å². The van der Waals surface area contributed by atoms with Crippen LogP contribution in [0.2, 0.25) is 0 Å². The van der Waals surface area contributed by atoms with E-state index in [4.69, 9.17) is 4.74 Å². The number of fused-ring (bicyclic) bond motifs is 1. The van der Waals surface area contributed by atoms with Gasteiger partial charge in [-0.3, -0.25) is 24.6 Å². The normalized spacial score (nSPS) is 31.4. The first-order valence-corrected chi connectivity index (χ1v) is 8.38. The molecule has 0 aliphatic carbocycles. The average molecular weight is 348 g/mol. The molecule has 2 aliphatic heterocycles. The molecule has 0 radical (unpaired) electrons. The number of likely N-dealkylation sites (tertiary alicyclic amines) is 1. The summed E-state index contributed by atoms with van der Waals surface area (Å²) in [6.45, 7) is 3.67. The van der Waals surface area contributed by atoms with E-state index in [9.17, 15) is 18.8 Å². The summed E-state index contributed by atoms with van der Waals surface area (Å²) >= 11 is 0. The SMILES string of the molecule is CCN1C(=O)[C@H]2[C@@H](C1=O)[C@@](CC)(C(=O)OC)N[C@H]2c1ccccc1F. The van der Waals surface area contributed by atoms with Crippen LogP contribution in [-0.4, -0.2) is 41.9 Å². The molecule has 7 heteroatoms. The summed E-state index contributed by atoms with van der Waals surface area (Å²) in [5.74, 6) is -3.60. The molecule has 3 rings (SSSR count). The zero-order valence-electron chi connectivity index (χ0n) is 14.4. The van der Waals surface area contributed by atoms with Crippen LogP contribution in [0.4, 0.5) is 4.39 Å². The van der Waals surface area contributed by atoms with E-state index in [1.54, 1.807) is 32.0 Å². The van der Waals surface area contributed by atoms with Crippen LogP contribution in [-0.2, 0) is 19.1 Å². The quantitative estimate of drug-likeness (QED) is 0.658. The number of nitrogens with one attached hydrogen (secondary N) is 1. The summed E-state index contributed by atoms with van der Waals surface area (Å²) in [6, 6.07) is 5.32. The summed E-state index contributed by atoms with van der Waals surface area (Å²) in [5.41, 5.74) is -1.07. The minimum absolute atomic E-state index is 0.218. The zero-order chi connectivity index (χ0) is 18.4. The number of esters is 1. The van der Waals surface area contributed by atoms with Gasteiger partial charge in [0, 0.05) is 18.2 Å². The van der Waals surface area contributed by atoms with Gasteiger partial charge in [0.05, 0.1) is 18.9 Å². The van der Waals surface area contributed by atoms with Crippen LogP contribution in [0.5, 0.6) is 0 Å². The van der Waals surface area contributed by atoms with Gasteiger partial charge in [-0.25, -0.2) is 4.39 Å². The zero-order valence-corrected chi connectivity index (χ0v) is 14.4. The Bertz CT molecular complexity index is 738. The fraction of sp³-hybridized carbons (Fsp3) is 0.500. The van der Waals surface area contributed by atoms with Crippen molar-refractivity contribution in [3.05, 3.63) is 35.6 Å². The molecule has 1 aromatic carbocycles. The molecule has 4 atom stereocenters. The third kappa shape index (κ3) is 2.29. The molecule has 0 unspecified atom stereocenters. The smallest absolute Gasteiger partial charge is 0.326 e. The average Bonchev–Trinajstić information content (AvgIpc) is 3.09. The van der Waals surface area contributed by atoms with Crippen LogP contribution < -0.4 is 5.32 Å². The van der Waals surface area contributed by atoms with E-state index in [2.05, 4.69) is 5.32 Å².